The molecule has 31 heavy (non-hydrogen) atoms. The molecule has 1 saturated heterocycles. The Kier molecular flexibility index (Phi) is 7.35. The number of hydrogen-bond acceptors (Lipinski definition) is 4. The van der Waals surface area contributed by atoms with Crippen LogP contribution in [0, 0.1) is 17.8 Å². The molecule has 2 amide bonds. The Labute approximate surface area is 184 Å². The summed E-state index contributed by atoms with van der Waals surface area (Å²) in [6.07, 6.45) is 4.13. The number of ether oxygens (including phenoxy) is 1. The molecule has 0 radical (unpaired) electrons. The molecular weight excluding hydrogens is 392 g/mol. The summed E-state index contributed by atoms with van der Waals surface area (Å²) in [6, 6.07) is 9.69. The van der Waals surface area contributed by atoms with E-state index in [1.54, 1.807) is 42.9 Å². The smallest absolute Gasteiger partial charge is 0.298 e. The second kappa shape index (κ2) is 10.2. The van der Waals surface area contributed by atoms with Gasteiger partial charge in [-0.25, -0.2) is 0 Å². The number of amides is 2. The number of benzene rings is 1. The van der Waals surface area contributed by atoms with Gasteiger partial charge in [-0.05, 0) is 61.8 Å². The van der Waals surface area contributed by atoms with Gasteiger partial charge in [0.25, 0.3) is 11.8 Å². The van der Waals surface area contributed by atoms with Crippen molar-refractivity contribution in [3.63, 3.8) is 0 Å². The molecule has 0 spiro atoms. The molecule has 1 fully saturated rings. The minimum atomic E-state index is -0.122. The predicted molar refractivity (Wildman–Crippen MR) is 119 cm³/mol. The summed E-state index contributed by atoms with van der Waals surface area (Å²) in [5.41, 5.74) is 1.55. The summed E-state index contributed by atoms with van der Waals surface area (Å²) < 4.78 is 7.01. The van der Waals surface area contributed by atoms with Crippen molar-refractivity contribution in [2.75, 3.05) is 27.2 Å². The van der Waals surface area contributed by atoms with Crippen LogP contribution in [-0.2, 0) is 18.3 Å². The Morgan fingerprint density at radius 2 is 2.03 bits per heavy atom. The zero-order valence-corrected chi connectivity index (χ0v) is 18.7. The Morgan fingerprint density at radius 3 is 2.65 bits per heavy atom. The molecule has 1 aromatic carbocycles. The molecule has 7 nitrogen and oxygen atoms in total. The average Bonchev–Trinajstić information content (AvgIpc) is 3.23. The van der Waals surface area contributed by atoms with Gasteiger partial charge in [0, 0.05) is 39.4 Å². The summed E-state index contributed by atoms with van der Waals surface area (Å²) in [4.78, 5) is 28.9. The van der Waals surface area contributed by atoms with Gasteiger partial charge >= 0.3 is 0 Å². The molecule has 3 rings (SSSR count). The van der Waals surface area contributed by atoms with Crippen LogP contribution in [0.3, 0.4) is 0 Å². The lowest BCUT2D eigenvalue weighted by Gasteiger charge is -2.39. The van der Waals surface area contributed by atoms with E-state index in [0.717, 1.165) is 24.2 Å². The highest BCUT2D eigenvalue weighted by atomic mass is 16.5. The monoisotopic (exact) mass is 422 g/mol. The zero-order valence-electron chi connectivity index (χ0n) is 18.7. The number of piperidine rings is 1. The fraction of sp³-hybridized carbons (Fsp3) is 0.458. The maximum Gasteiger partial charge on any atom is 0.298 e. The van der Waals surface area contributed by atoms with Gasteiger partial charge in [-0.2, -0.15) is 5.10 Å². The standard InChI is InChI=1S/C24H30N4O3/c1-5-7-23(29)28-14-10-19(11-15-28)22(17-18-8-6-9-20(16-18)31-4)27(3)24(30)21-12-13-26(2)25-21/h6,8-9,12-13,16,19,22H,10-11,14-15,17H2,1-4H3/t22-/m1/s1. The number of methoxy groups -OCH3 is 1. The Hall–Kier alpha value is -3.27. The number of aryl methyl sites for hydroxylation is 1. The van der Waals surface area contributed by atoms with E-state index in [1.165, 1.54) is 0 Å². The average molecular weight is 423 g/mol. The number of carbonyl (C=O) groups is 2. The van der Waals surface area contributed by atoms with Gasteiger partial charge in [-0.15, -0.1) is 0 Å². The molecule has 0 unspecified atom stereocenters. The lowest BCUT2D eigenvalue weighted by atomic mass is 9.84. The van der Waals surface area contributed by atoms with Gasteiger partial charge in [0.15, 0.2) is 0 Å². The molecule has 1 aliphatic rings. The third kappa shape index (κ3) is 5.46. The van der Waals surface area contributed by atoms with Crippen molar-refractivity contribution in [1.82, 2.24) is 19.6 Å². The summed E-state index contributed by atoms with van der Waals surface area (Å²) in [7, 11) is 5.30. The van der Waals surface area contributed by atoms with Crippen molar-refractivity contribution in [1.29, 1.82) is 0 Å². The molecule has 2 aromatic rings. The van der Waals surface area contributed by atoms with Crippen LogP contribution in [0.4, 0.5) is 0 Å². The molecule has 1 atom stereocenters. The summed E-state index contributed by atoms with van der Waals surface area (Å²) >= 11 is 0. The molecule has 0 aliphatic carbocycles. The number of nitrogens with zero attached hydrogens (tertiary/aromatic N) is 4. The van der Waals surface area contributed by atoms with Crippen LogP contribution in [0.2, 0.25) is 0 Å². The minimum absolute atomic E-state index is 0.0175. The molecule has 0 N–H and O–H groups in total. The third-order valence-corrected chi connectivity index (χ3v) is 5.93. The number of carbonyl (C=O) groups excluding carboxylic acids is 2. The maximum atomic E-state index is 13.2. The summed E-state index contributed by atoms with van der Waals surface area (Å²) in [5, 5.41) is 4.29. The normalized spacial score (nSPS) is 15.0. The van der Waals surface area contributed by atoms with E-state index in [0.29, 0.717) is 25.2 Å². The second-order valence-corrected chi connectivity index (χ2v) is 7.92. The molecule has 1 aromatic heterocycles. The quantitative estimate of drug-likeness (QED) is 0.671. The van der Waals surface area contributed by atoms with Crippen molar-refractivity contribution < 1.29 is 14.3 Å². The van der Waals surface area contributed by atoms with E-state index in [-0.39, 0.29) is 23.8 Å². The minimum Gasteiger partial charge on any atom is -0.497 e. The van der Waals surface area contributed by atoms with Crippen LogP contribution < -0.4 is 4.74 Å². The van der Waals surface area contributed by atoms with E-state index in [9.17, 15) is 9.59 Å². The summed E-state index contributed by atoms with van der Waals surface area (Å²) in [6.45, 7) is 2.98. The van der Waals surface area contributed by atoms with Gasteiger partial charge in [0.1, 0.15) is 11.4 Å². The Balaban J connectivity index is 1.80. The SMILES string of the molecule is CC#CC(=O)N1CCC([C@@H](Cc2cccc(OC)c2)N(C)C(=O)c2ccn(C)n2)CC1. The number of likely N-dealkylation sites (tertiary alicyclic amines) is 1. The van der Waals surface area contributed by atoms with Crippen LogP contribution in [0.15, 0.2) is 36.5 Å². The lowest BCUT2D eigenvalue weighted by Crippen LogP contribution is -2.48. The number of rotatable bonds is 6. The Morgan fingerprint density at radius 1 is 1.29 bits per heavy atom. The van der Waals surface area contributed by atoms with Crippen molar-refractivity contribution in [2.24, 2.45) is 13.0 Å². The van der Waals surface area contributed by atoms with Crippen molar-refractivity contribution in [3.8, 4) is 17.6 Å². The highest BCUT2D eigenvalue weighted by Gasteiger charge is 2.33. The first-order valence-corrected chi connectivity index (χ1v) is 10.5. The van der Waals surface area contributed by atoms with Crippen molar-refractivity contribution in [2.45, 2.75) is 32.2 Å². The molecule has 0 bridgehead atoms. The first kappa shape index (κ1) is 22.4. The largest absolute Gasteiger partial charge is 0.497 e. The molecule has 164 valence electrons. The zero-order chi connectivity index (χ0) is 22.4. The fourth-order valence-corrected chi connectivity index (χ4v) is 4.19. The predicted octanol–water partition coefficient (Wildman–Crippen LogP) is 2.37. The second-order valence-electron chi connectivity index (χ2n) is 7.92. The van der Waals surface area contributed by atoms with E-state index in [2.05, 4.69) is 23.0 Å². The lowest BCUT2D eigenvalue weighted by molar-refractivity contribution is -0.126. The molecular formula is C24H30N4O3. The highest BCUT2D eigenvalue weighted by Crippen LogP contribution is 2.28. The highest BCUT2D eigenvalue weighted by molar-refractivity contribution is 5.93. The van der Waals surface area contributed by atoms with E-state index in [4.69, 9.17) is 4.74 Å². The van der Waals surface area contributed by atoms with Crippen LogP contribution in [-0.4, -0.2) is 64.7 Å². The van der Waals surface area contributed by atoms with Gasteiger partial charge in [-0.1, -0.05) is 18.1 Å². The fourth-order valence-electron chi connectivity index (χ4n) is 4.19. The molecule has 1 aliphatic heterocycles. The van der Waals surface area contributed by atoms with Gasteiger partial charge in [0.2, 0.25) is 0 Å². The van der Waals surface area contributed by atoms with Gasteiger partial charge in [-0.3, -0.25) is 14.3 Å². The number of likely N-dealkylation sites (N-methyl/N-ethyl adjacent to an activating group) is 1. The molecule has 2 heterocycles. The van der Waals surface area contributed by atoms with Crippen molar-refractivity contribution >= 4 is 11.8 Å². The van der Waals surface area contributed by atoms with Gasteiger partial charge < -0.3 is 14.5 Å². The third-order valence-electron chi connectivity index (χ3n) is 5.93. The van der Waals surface area contributed by atoms with E-state index >= 15 is 0 Å². The summed E-state index contributed by atoms with van der Waals surface area (Å²) in [5.74, 6) is 6.16. The molecule has 7 heteroatoms. The van der Waals surface area contributed by atoms with E-state index < -0.39 is 0 Å². The van der Waals surface area contributed by atoms with Crippen LogP contribution >= 0.6 is 0 Å². The number of aromatic nitrogens is 2. The van der Waals surface area contributed by atoms with Crippen LogP contribution in [0.1, 0.15) is 35.8 Å². The maximum absolute atomic E-state index is 13.2. The van der Waals surface area contributed by atoms with Crippen LogP contribution in [0.25, 0.3) is 0 Å². The van der Waals surface area contributed by atoms with Gasteiger partial charge in [0.05, 0.1) is 7.11 Å². The van der Waals surface area contributed by atoms with Crippen molar-refractivity contribution in [3.05, 3.63) is 47.8 Å². The Bertz CT molecular complexity index is 980. The first-order valence-electron chi connectivity index (χ1n) is 10.5. The van der Waals surface area contributed by atoms with Crippen LogP contribution in [0.5, 0.6) is 5.75 Å². The first-order chi connectivity index (χ1) is 14.9. The number of hydrogen-bond donors (Lipinski definition) is 0. The van der Waals surface area contributed by atoms with E-state index in [1.807, 2.05) is 30.1 Å². The topological polar surface area (TPSA) is 67.7 Å². The molecule has 0 saturated carbocycles.